The highest BCUT2D eigenvalue weighted by atomic mass is 16.5. The molecule has 3 rings (SSSR count). The van der Waals surface area contributed by atoms with Gasteiger partial charge in [-0.3, -0.25) is 23.9 Å². The van der Waals surface area contributed by atoms with Gasteiger partial charge in [-0.1, -0.05) is 18.2 Å². The van der Waals surface area contributed by atoms with Gasteiger partial charge in [0.05, 0.1) is 6.04 Å². The predicted molar refractivity (Wildman–Crippen MR) is 102 cm³/mol. The summed E-state index contributed by atoms with van der Waals surface area (Å²) >= 11 is 0. The number of H-pyrrole nitrogens is 1. The summed E-state index contributed by atoms with van der Waals surface area (Å²) in [6.45, 7) is 1.06. The smallest absolute Gasteiger partial charge is 0.328 e. The molecule has 8 heteroatoms. The third kappa shape index (κ3) is 4.97. The summed E-state index contributed by atoms with van der Waals surface area (Å²) in [7, 11) is 0. The van der Waals surface area contributed by atoms with Crippen LogP contribution in [0.15, 0.2) is 40.1 Å². The second-order valence-electron chi connectivity index (χ2n) is 6.92. The molecule has 1 aliphatic carbocycles. The van der Waals surface area contributed by atoms with E-state index in [0.29, 0.717) is 0 Å². The first-order chi connectivity index (χ1) is 13.4. The number of aromatic amines is 1. The molecule has 2 N–H and O–H groups in total. The molecule has 0 saturated heterocycles. The van der Waals surface area contributed by atoms with Gasteiger partial charge in [-0.2, -0.15) is 0 Å². The van der Waals surface area contributed by atoms with Crippen molar-refractivity contribution in [3.8, 4) is 0 Å². The molecule has 1 atom stereocenters. The highest BCUT2D eigenvalue weighted by Crippen LogP contribution is 2.24. The van der Waals surface area contributed by atoms with E-state index in [1.165, 1.54) is 30.2 Å². The Morgan fingerprint density at radius 2 is 1.93 bits per heavy atom. The first kappa shape index (κ1) is 19.6. The number of nitrogens with zero attached hydrogens (tertiary/aromatic N) is 1. The Morgan fingerprint density at radius 3 is 2.68 bits per heavy atom. The van der Waals surface area contributed by atoms with Gasteiger partial charge in [-0.15, -0.1) is 0 Å². The van der Waals surface area contributed by atoms with Crippen molar-refractivity contribution in [2.45, 2.75) is 45.2 Å². The zero-order chi connectivity index (χ0) is 20.1. The van der Waals surface area contributed by atoms with E-state index in [0.717, 1.165) is 29.0 Å². The minimum absolute atomic E-state index is 0.208. The maximum absolute atomic E-state index is 12.1. The van der Waals surface area contributed by atoms with E-state index in [2.05, 4.69) is 17.4 Å². The van der Waals surface area contributed by atoms with Crippen molar-refractivity contribution in [2.75, 3.05) is 6.61 Å². The molecule has 0 aliphatic heterocycles. The molecule has 0 bridgehead atoms. The largest absolute Gasteiger partial charge is 0.454 e. The Balaban J connectivity index is 1.50. The number of aryl methyl sites for hydroxylation is 2. The van der Waals surface area contributed by atoms with Crippen molar-refractivity contribution in [2.24, 2.45) is 0 Å². The molecule has 1 aliphatic rings. The lowest BCUT2D eigenvalue weighted by molar-refractivity contribution is -0.149. The lowest BCUT2D eigenvalue weighted by atomic mass is 9.89. The van der Waals surface area contributed by atoms with E-state index in [4.69, 9.17) is 4.74 Å². The number of hydrogen-bond donors (Lipinski definition) is 2. The van der Waals surface area contributed by atoms with Gasteiger partial charge in [0.25, 0.3) is 11.5 Å². The molecule has 1 aromatic carbocycles. The highest BCUT2D eigenvalue weighted by molar-refractivity contribution is 5.80. The summed E-state index contributed by atoms with van der Waals surface area (Å²) in [5, 5.41) is 2.81. The average molecular weight is 385 g/mol. The fourth-order valence-corrected chi connectivity index (χ4v) is 3.29. The Bertz CT molecular complexity index is 992. The minimum atomic E-state index is -0.745. The van der Waals surface area contributed by atoms with Crippen molar-refractivity contribution in [3.05, 3.63) is 68.0 Å². The first-order valence-corrected chi connectivity index (χ1v) is 9.29. The number of fused-ring (bicyclic) bond motifs is 1. The van der Waals surface area contributed by atoms with Crippen LogP contribution in [0.3, 0.4) is 0 Å². The first-order valence-electron chi connectivity index (χ1n) is 9.29. The van der Waals surface area contributed by atoms with Crippen LogP contribution >= 0.6 is 0 Å². The number of rotatable bonds is 6. The standard InChI is InChI=1S/C20H23N3O5/c1-13(15-7-6-14-4-2-3-5-16(14)10-15)21-18(25)12-28-19(26)11-23-9-8-17(24)22-20(23)27/h6-10,13H,2-5,11-12H2,1H3,(H,21,25)(H,22,24,27)/t13-/m0/s1. The van der Waals surface area contributed by atoms with Crippen LogP contribution < -0.4 is 16.6 Å². The van der Waals surface area contributed by atoms with Crippen LogP contribution in [-0.4, -0.2) is 28.0 Å². The molecule has 2 aromatic rings. The Labute approximate surface area is 161 Å². The van der Waals surface area contributed by atoms with Crippen LogP contribution in [0.1, 0.15) is 42.5 Å². The fraction of sp³-hybridized carbons (Fsp3) is 0.400. The monoisotopic (exact) mass is 385 g/mol. The van der Waals surface area contributed by atoms with Gasteiger partial charge in [0.15, 0.2) is 6.61 Å². The van der Waals surface area contributed by atoms with E-state index >= 15 is 0 Å². The number of carbonyl (C=O) groups is 2. The summed E-state index contributed by atoms with van der Waals surface area (Å²) in [5.41, 5.74) is 2.46. The van der Waals surface area contributed by atoms with E-state index in [9.17, 15) is 19.2 Å². The molecule has 1 heterocycles. The number of nitrogens with one attached hydrogen (secondary N) is 2. The summed E-state index contributed by atoms with van der Waals surface area (Å²) in [5.74, 6) is -1.17. The maximum atomic E-state index is 12.1. The molecule has 0 spiro atoms. The van der Waals surface area contributed by atoms with Gasteiger partial charge < -0.3 is 10.1 Å². The van der Waals surface area contributed by atoms with Crippen molar-refractivity contribution >= 4 is 11.9 Å². The molecule has 28 heavy (non-hydrogen) atoms. The number of benzene rings is 1. The number of esters is 1. The minimum Gasteiger partial charge on any atom is -0.454 e. The molecular formula is C20H23N3O5. The number of ether oxygens (including phenoxy) is 1. The average Bonchev–Trinajstić information content (AvgIpc) is 2.68. The topological polar surface area (TPSA) is 110 Å². The fourth-order valence-electron chi connectivity index (χ4n) is 3.29. The molecule has 148 valence electrons. The molecule has 1 aromatic heterocycles. The number of carbonyl (C=O) groups excluding carboxylic acids is 2. The summed E-state index contributed by atoms with van der Waals surface area (Å²) in [4.78, 5) is 48.5. The summed E-state index contributed by atoms with van der Waals surface area (Å²) < 4.78 is 5.91. The van der Waals surface area contributed by atoms with Gasteiger partial charge in [0.2, 0.25) is 0 Å². The Morgan fingerprint density at radius 1 is 1.18 bits per heavy atom. The third-order valence-corrected chi connectivity index (χ3v) is 4.81. The zero-order valence-electron chi connectivity index (χ0n) is 15.7. The third-order valence-electron chi connectivity index (χ3n) is 4.81. The van der Waals surface area contributed by atoms with Crippen LogP contribution in [-0.2, 0) is 33.7 Å². The summed E-state index contributed by atoms with van der Waals surface area (Å²) in [6.07, 6.45) is 5.76. The Hall–Kier alpha value is -3.16. The van der Waals surface area contributed by atoms with E-state index in [1.54, 1.807) is 0 Å². The number of hydrogen-bond acceptors (Lipinski definition) is 5. The van der Waals surface area contributed by atoms with E-state index < -0.39 is 29.7 Å². The quantitative estimate of drug-likeness (QED) is 0.716. The lowest BCUT2D eigenvalue weighted by Crippen LogP contribution is -2.34. The van der Waals surface area contributed by atoms with Gasteiger partial charge in [0, 0.05) is 12.3 Å². The lowest BCUT2D eigenvalue weighted by Gasteiger charge is -2.20. The van der Waals surface area contributed by atoms with Gasteiger partial charge in [-0.05, 0) is 49.3 Å². The maximum Gasteiger partial charge on any atom is 0.328 e. The normalized spacial score (nSPS) is 14.0. The van der Waals surface area contributed by atoms with Crippen LogP contribution in [0, 0.1) is 0 Å². The molecule has 0 saturated carbocycles. The van der Waals surface area contributed by atoms with Gasteiger partial charge in [-0.25, -0.2) is 4.79 Å². The molecule has 0 radical (unpaired) electrons. The van der Waals surface area contributed by atoms with Gasteiger partial charge in [0.1, 0.15) is 6.54 Å². The number of aromatic nitrogens is 2. The molecule has 0 unspecified atom stereocenters. The zero-order valence-corrected chi connectivity index (χ0v) is 15.7. The van der Waals surface area contributed by atoms with Crippen LogP contribution in [0.4, 0.5) is 0 Å². The molecule has 0 fully saturated rings. The van der Waals surface area contributed by atoms with Crippen molar-refractivity contribution in [1.29, 1.82) is 0 Å². The SMILES string of the molecule is C[C@H](NC(=O)COC(=O)Cn1ccc(=O)[nH]c1=O)c1ccc2c(c1)CCCC2. The molecule has 1 amide bonds. The Kier molecular flexibility index (Phi) is 6.08. The van der Waals surface area contributed by atoms with Crippen LogP contribution in [0.5, 0.6) is 0 Å². The highest BCUT2D eigenvalue weighted by Gasteiger charge is 2.15. The van der Waals surface area contributed by atoms with Gasteiger partial charge >= 0.3 is 11.7 Å². The van der Waals surface area contributed by atoms with E-state index in [-0.39, 0.29) is 12.6 Å². The molecular weight excluding hydrogens is 362 g/mol. The van der Waals surface area contributed by atoms with Crippen LogP contribution in [0.25, 0.3) is 0 Å². The van der Waals surface area contributed by atoms with Crippen molar-refractivity contribution in [1.82, 2.24) is 14.9 Å². The van der Waals surface area contributed by atoms with Crippen molar-refractivity contribution < 1.29 is 14.3 Å². The second-order valence-corrected chi connectivity index (χ2v) is 6.92. The van der Waals surface area contributed by atoms with Crippen LogP contribution in [0.2, 0.25) is 0 Å². The summed E-state index contributed by atoms with van der Waals surface area (Å²) in [6, 6.07) is 7.19. The predicted octanol–water partition coefficient (Wildman–Crippen LogP) is 0.836. The second kappa shape index (κ2) is 8.69. The van der Waals surface area contributed by atoms with E-state index in [1.807, 2.05) is 18.0 Å². The van der Waals surface area contributed by atoms with Crippen molar-refractivity contribution in [3.63, 3.8) is 0 Å². The number of amides is 1. The molecule has 8 nitrogen and oxygen atoms in total.